The van der Waals surface area contributed by atoms with E-state index in [1.807, 2.05) is 19.1 Å². The molecule has 0 heterocycles. The van der Waals surface area contributed by atoms with Crippen LogP contribution in [0.25, 0.3) is 0 Å². The number of hydrogen-bond donors (Lipinski definition) is 1. The zero-order chi connectivity index (χ0) is 8.43. The van der Waals surface area contributed by atoms with E-state index in [4.69, 9.17) is 0 Å². The second-order valence-electron chi connectivity index (χ2n) is 2.56. The third-order valence-electron chi connectivity index (χ3n) is 1.60. The van der Waals surface area contributed by atoms with Crippen LogP contribution in [0.4, 0.5) is 0 Å². The quantitative estimate of drug-likeness (QED) is 0.446. The molecule has 0 radical (unpaired) electrons. The van der Waals surface area contributed by atoms with Crippen LogP contribution in [0.2, 0.25) is 0 Å². The first-order valence-corrected chi connectivity index (χ1v) is 3.86. The molecule has 0 aliphatic heterocycles. The number of aryl methyl sites for hydroxylation is 1. The molecule has 0 spiro atoms. The molecule has 1 nitrogen and oxygen atoms in total. The molecule has 0 saturated heterocycles. The Morgan fingerprint density at radius 2 is 2.00 bits per heavy atom. The van der Waals surface area contributed by atoms with Crippen LogP contribution in [0.15, 0.2) is 23.1 Å². The van der Waals surface area contributed by atoms with Crippen molar-refractivity contribution in [1.29, 1.82) is 0 Å². The molecule has 0 aliphatic carbocycles. The van der Waals surface area contributed by atoms with Gasteiger partial charge in [0.1, 0.15) is 0 Å². The van der Waals surface area contributed by atoms with Crippen molar-refractivity contribution >= 4 is 18.4 Å². The first-order valence-electron chi connectivity index (χ1n) is 3.42. The van der Waals surface area contributed by atoms with Crippen molar-refractivity contribution in [2.24, 2.45) is 0 Å². The normalized spacial score (nSPS) is 8.92. The Bertz CT molecular complexity index is 297. The van der Waals surface area contributed by atoms with Crippen LogP contribution in [0, 0.1) is 6.92 Å². The topological polar surface area (TPSA) is 17.1 Å². The van der Waals surface area contributed by atoms with Gasteiger partial charge >= 0.3 is 19.5 Å². The van der Waals surface area contributed by atoms with Crippen molar-refractivity contribution in [3.05, 3.63) is 29.3 Å². The van der Waals surface area contributed by atoms with Gasteiger partial charge in [-0.1, -0.05) is 6.07 Å². The molecule has 58 valence electrons. The number of thiol groups is 1. The second kappa shape index (κ2) is 4.78. The van der Waals surface area contributed by atoms with Crippen LogP contribution < -0.4 is 0 Å². The molecular weight excluding hydrogens is 222 g/mol. The standard InChI is InChI=1S/C9H10OS.Zn/c1-6-5-8(7(2)10)3-4-9(6)11;/h3-5,11H,1-2H3;/q;+2. The summed E-state index contributed by atoms with van der Waals surface area (Å²) in [6.45, 7) is 3.50. The summed E-state index contributed by atoms with van der Waals surface area (Å²) in [5, 5.41) is 0. The Morgan fingerprint density at radius 3 is 2.42 bits per heavy atom. The van der Waals surface area contributed by atoms with Gasteiger partial charge in [-0.05, 0) is 31.5 Å². The smallest absolute Gasteiger partial charge is 0.295 e. The Kier molecular flexibility index (Phi) is 4.73. The van der Waals surface area contributed by atoms with E-state index in [0.717, 1.165) is 16.0 Å². The van der Waals surface area contributed by atoms with Gasteiger partial charge in [0.05, 0.1) is 0 Å². The predicted octanol–water partition coefficient (Wildman–Crippen LogP) is 2.48. The number of rotatable bonds is 1. The first kappa shape index (κ1) is 11.9. The number of ketones is 1. The van der Waals surface area contributed by atoms with Crippen LogP contribution in [0.1, 0.15) is 22.8 Å². The summed E-state index contributed by atoms with van der Waals surface area (Å²) in [5.74, 6) is 0.0985. The van der Waals surface area contributed by atoms with Gasteiger partial charge in [-0.2, -0.15) is 0 Å². The minimum Gasteiger partial charge on any atom is -0.295 e. The number of carbonyl (C=O) groups excluding carboxylic acids is 1. The molecule has 1 aromatic carbocycles. The largest absolute Gasteiger partial charge is 2.00 e. The molecule has 0 aromatic heterocycles. The summed E-state index contributed by atoms with van der Waals surface area (Å²) in [5.41, 5.74) is 1.79. The van der Waals surface area contributed by atoms with Gasteiger partial charge in [-0.25, -0.2) is 0 Å². The molecule has 12 heavy (non-hydrogen) atoms. The van der Waals surface area contributed by atoms with Crippen molar-refractivity contribution in [3.63, 3.8) is 0 Å². The van der Waals surface area contributed by atoms with E-state index in [-0.39, 0.29) is 25.3 Å². The summed E-state index contributed by atoms with van der Waals surface area (Å²) in [4.78, 5) is 11.8. The zero-order valence-electron chi connectivity index (χ0n) is 7.29. The van der Waals surface area contributed by atoms with Gasteiger partial charge in [0.25, 0.3) is 0 Å². The molecule has 0 amide bonds. The molecule has 3 heteroatoms. The fraction of sp³-hybridized carbons (Fsp3) is 0.222. The van der Waals surface area contributed by atoms with E-state index in [2.05, 4.69) is 12.6 Å². The minimum absolute atomic E-state index is 0. The average Bonchev–Trinajstić information content (AvgIpc) is 1.94. The first-order chi connectivity index (χ1) is 5.11. The maximum Gasteiger partial charge on any atom is 2.00 e. The van der Waals surface area contributed by atoms with Crippen LogP contribution in [-0.4, -0.2) is 5.78 Å². The van der Waals surface area contributed by atoms with E-state index < -0.39 is 0 Å². The van der Waals surface area contributed by atoms with Crippen molar-refractivity contribution in [1.82, 2.24) is 0 Å². The van der Waals surface area contributed by atoms with Gasteiger partial charge in [-0.3, -0.25) is 4.79 Å². The Labute approximate surface area is 90.7 Å². The van der Waals surface area contributed by atoms with E-state index in [9.17, 15) is 4.79 Å². The molecular formula is C9H10OSZn+2. The van der Waals surface area contributed by atoms with Crippen LogP contribution in [0.3, 0.4) is 0 Å². The monoisotopic (exact) mass is 230 g/mol. The number of carbonyl (C=O) groups is 1. The van der Waals surface area contributed by atoms with Crippen LogP contribution >= 0.6 is 12.6 Å². The fourth-order valence-electron chi connectivity index (χ4n) is 0.874. The second-order valence-corrected chi connectivity index (χ2v) is 3.04. The van der Waals surface area contributed by atoms with Gasteiger partial charge in [0, 0.05) is 10.5 Å². The molecule has 1 aromatic rings. The Balaban J connectivity index is 0.00000121. The molecule has 0 saturated carbocycles. The summed E-state index contributed by atoms with van der Waals surface area (Å²) in [6, 6.07) is 5.48. The van der Waals surface area contributed by atoms with Crippen molar-refractivity contribution < 1.29 is 24.3 Å². The molecule has 0 unspecified atom stereocenters. The van der Waals surface area contributed by atoms with Gasteiger partial charge in [0.15, 0.2) is 5.78 Å². The van der Waals surface area contributed by atoms with Crippen molar-refractivity contribution in [3.8, 4) is 0 Å². The van der Waals surface area contributed by atoms with Crippen molar-refractivity contribution in [2.75, 3.05) is 0 Å². The van der Waals surface area contributed by atoms with E-state index in [1.54, 1.807) is 13.0 Å². The predicted molar refractivity (Wildman–Crippen MR) is 48.4 cm³/mol. The summed E-state index contributed by atoms with van der Waals surface area (Å²) in [7, 11) is 0. The summed E-state index contributed by atoms with van der Waals surface area (Å²) >= 11 is 4.20. The zero-order valence-corrected chi connectivity index (χ0v) is 11.2. The maximum atomic E-state index is 10.9. The Morgan fingerprint density at radius 1 is 1.42 bits per heavy atom. The fourth-order valence-corrected chi connectivity index (χ4v) is 1.01. The average molecular weight is 232 g/mol. The molecule has 1 rings (SSSR count). The molecule has 0 atom stereocenters. The van der Waals surface area contributed by atoms with Gasteiger partial charge in [0.2, 0.25) is 0 Å². The molecule has 0 aliphatic rings. The van der Waals surface area contributed by atoms with E-state index in [1.165, 1.54) is 0 Å². The number of hydrogen-bond acceptors (Lipinski definition) is 2. The number of Topliss-reactive ketones (excluding diaryl/α,β-unsaturated/α-hetero) is 1. The van der Waals surface area contributed by atoms with Crippen LogP contribution in [-0.2, 0) is 19.5 Å². The minimum atomic E-state index is 0. The van der Waals surface area contributed by atoms with Crippen molar-refractivity contribution in [2.45, 2.75) is 18.7 Å². The van der Waals surface area contributed by atoms with E-state index >= 15 is 0 Å². The summed E-state index contributed by atoms with van der Waals surface area (Å²) in [6.07, 6.45) is 0. The number of benzene rings is 1. The molecule has 0 N–H and O–H groups in total. The molecule has 0 bridgehead atoms. The Hall–Kier alpha value is -0.137. The van der Waals surface area contributed by atoms with Crippen LogP contribution in [0.5, 0.6) is 0 Å². The van der Waals surface area contributed by atoms with E-state index in [0.29, 0.717) is 0 Å². The SMILES string of the molecule is CC(=O)c1ccc(S)c(C)c1.[Zn+2]. The maximum absolute atomic E-state index is 10.9. The van der Waals surface area contributed by atoms with Gasteiger partial charge < -0.3 is 0 Å². The summed E-state index contributed by atoms with van der Waals surface area (Å²) < 4.78 is 0. The third kappa shape index (κ3) is 2.72. The van der Waals surface area contributed by atoms with Gasteiger partial charge in [-0.15, -0.1) is 12.6 Å². The molecule has 0 fully saturated rings. The third-order valence-corrected chi connectivity index (χ3v) is 2.11.